The molecular weight excluding hydrogens is 376 g/mol. The fourth-order valence-corrected chi connectivity index (χ4v) is 3.10. The van der Waals surface area contributed by atoms with Gasteiger partial charge in [-0.1, -0.05) is 15.9 Å². The summed E-state index contributed by atoms with van der Waals surface area (Å²) in [5, 5.41) is 8.92. The molecule has 122 valence electrons. The second kappa shape index (κ2) is 5.55. The number of aromatic nitrogens is 2. The number of hydrogen-bond donors (Lipinski definition) is 2. The maximum absolute atomic E-state index is 15.1. The number of aromatic amines is 1. The van der Waals surface area contributed by atoms with Crippen LogP contribution in [0.4, 0.5) is 13.6 Å². The molecule has 0 radical (unpaired) electrons. The van der Waals surface area contributed by atoms with Crippen molar-refractivity contribution in [2.24, 2.45) is 0 Å². The molecule has 6 nitrogen and oxygen atoms in total. The Labute approximate surface area is 137 Å². The summed E-state index contributed by atoms with van der Waals surface area (Å²) in [6.07, 6.45) is -1.42. The van der Waals surface area contributed by atoms with Crippen molar-refractivity contribution in [3.05, 3.63) is 38.6 Å². The first-order valence-electron chi connectivity index (χ1n) is 6.86. The van der Waals surface area contributed by atoms with Gasteiger partial charge in [0.25, 0.3) is 5.56 Å². The van der Waals surface area contributed by atoms with Crippen LogP contribution in [0.1, 0.15) is 18.7 Å². The van der Waals surface area contributed by atoms with Crippen molar-refractivity contribution in [3.8, 4) is 0 Å². The third-order valence-corrected chi connectivity index (χ3v) is 4.44. The number of H-pyrrole nitrogens is 1. The number of amides is 1. The zero-order valence-electron chi connectivity index (χ0n) is 11.8. The van der Waals surface area contributed by atoms with Crippen LogP contribution in [-0.4, -0.2) is 39.2 Å². The molecule has 0 spiro atoms. The predicted octanol–water partition coefficient (Wildman–Crippen LogP) is 2.76. The van der Waals surface area contributed by atoms with E-state index in [-0.39, 0.29) is 42.7 Å². The fraction of sp³-hybridized carbons (Fsp3) is 0.357. The molecule has 0 saturated carbocycles. The van der Waals surface area contributed by atoms with E-state index < -0.39 is 23.1 Å². The standard InChI is InChI=1S/C14H12BrF2N3O3/c15-7-5-8-10(9(16)6-7)18-12(19-11(8)21)14(17)1-3-20(4-2-14)13(22)23/h5-6H,1-4H2,(H,22,23)(H,18,19,21). The molecule has 1 saturated heterocycles. The van der Waals surface area contributed by atoms with Gasteiger partial charge in [-0.3, -0.25) is 4.79 Å². The van der Waals surface area contributed by atoms with E-state index in [1.165, 1.54) is 6.07 Å². The maximum atomic E-state index is 15.1. The normalized spacial score (nSPS) is 17.4. The first-order valence-corrected chi connectivity index (χ1v) is 7.66. The van der Waals surface area contributed by atoms with Gasteiger partial charge in [0.1, 0.15) is 11.3 Å². The molecule has 2 aromatic rings. The SMILES string of the molecule is O=C(O)N1CCC(F)(c2nc3c(F)cc(Br)cc3c(=O)[nH]2)CC1. The second-order valence-corrected chi connectivity index (χ2v) is 6.35. The van der Waals surface area contributed by atoms with Gasteiger partial charge in [0, 0.05) is 30.4 Å². The number of benzene rings is 1. The number of halogens is 3. The Kier molecular flexibility index (Phi) is 3.83. The Morgan fingerprint density at radius 2 is 2.04 bits per heavy atom. The van der Waals surface area contributed by atoms with Crippen LogP contribution in [0.3, 0.4) is 0 Å². The molecule has 3 rings (SSSR count). The highest BCUT2D eigenvalue weighted by Gasteiger charge is 2.40. The number of carboxylic acid groups (broad SMARTS) is 1. The molecule has 0 unspecified atom stereocenters. The summed E-state index contributed by atoms with van der Waals surface area (Å²) in [5.74, 6) is -0.991. The number of likely N-dealkylation sites (tertiary alicyclic amines) is 1. The van der Waals surface area contributed by atoms with E-state index in [2.05, 4.69) is 25.9 Å². The van der Waals surface area contributed by atoms with Crippen LogP contribution in [0.25, 0.3) is 10.9 Å². The molecule has 1 aromatic heterocycles. The Hall–Kier alpha value is -2.03. The van der Waals surface area contributed by atoms with Gasteiger partial charge in [-0.25, -0.2) is 18.6 Å². The lowest BCUT2D eigenvalue weighted by molar-refractivity contribution is 0.0487. The summed E-state index contributed by atoms with van der Waals surface area (Å²) >= 11 is 3.09. The highest BCUT2D eigenvalue weighted by molar-refractivity contribution is 9.10. The van der Waals surface area contributed by atoms with Crippen molar-refractivity contribution in [2.75, 3.05) is 13.1 Å². The summed E-state index contributed by atoms with van der Waals surface area (Å²) in [4.78, 5) is 30.4. The van der Waals surface area contributed by atoms with Gasteiger partial charge in [-0.15, -0.1) is 0 Å². The van der Waals surface area contributed by atoms with Crippen molar-refractivity contribution < 1.29 is 18.7 Å². The molecular formula is C14H12BrF2N3O3. The number of nitrogens with zero attached hydrogens (tertiary/aromatic N) is 2. The van der Waals surface area contributed by atoms with Crippen LogP contribution < -0.4 is 5.56 Å². The Balaban J connectivity index is 2.04. The van der Waals surface area contributed by atoms with Crippen molar-refractivity contribution >= 4 is 32.9 Å². The average Bonchev–Trinajstić information content (AvgIpc) is 2.48. The number of nitrogens with one attached hydrogen (secondary N) is 1. The summed E-state index contributed by atoms with van der Waals surface area (Å²) in [5.41, 5.74) is -2.83. The lowest BCUT2D eigenvalue weighted by Crippen LogP contribution is -2.43. The molecule has 0 aliphatic carbocycles. The van der Waals surface area contributed by atoms with E-state index >= 15 is 4.39 Å². The van der Waals surface area contributed by atoms with Gasteiger partial charge in [0.15, 0.2) is 11.5 Å². The Bertz CT molecular complexity index is 847. The summed E-state index contributed by atoms with van der Waals surface area (Å²) in [6.45, 7) is -0.0349. The molecule has 1 fully saturated rings. The minimum atomic E-state index is -1.99. The maximum Gasteiger partial charge on any atom is 0.407 e. The second-order valence-electron chi connectivity index (χ2n) is 5.43. The van der Waals surface area contributed by atoms with Crippen LogP contribution in [0.5, 0.6) is 0 Å². The highest BCUT2D eigenvalue weighted by Crippen LogP contribution is 2.35. The van der Waals surface area contributed by atoms with Crippen molar-refractivity contribution in [1.29, 1.82) is 0 Å². The lowest BCUT2D eigenvalue weighted by atomic mass is 9.92. The smallest absolute Gasteiger partial charge is 0.407 e. The molecule has 2 heterocycles. The molecule has 0 atom stereocenters. The summed E-state index contributed by atoms with van der Waals surface area (Å²) < 4.78 is 29.5. The zero-order chi connectivity index (χ0) is 16.8. The van der Waals surface area contributed by atoms with Crippen LogP contribution in [-0.2, 0) is 5.67 Å². The Morgan fingerprint density at radius 1 is 1.39 bits per heavy atom. The third kappa shape index (κ3) is 2.80. The van der Waals surface area contributed by atoms with Gasteiger partial charge >= 0.3 is 6.09 Å². The highest BCUT2D eigenvalue weighted by atomic mass is 79.9. The monoisotopic (exact) mass is 387 g/mol. The summed E-state index contributed by atoms with van der Waals surface area (Å²) in [7, 11) is 0. The average molecular weight is 388 g/mol. The molecule has 1 amide bonds. The van der Waals surface area contributed by atoms with E-state index in [0.29, 0.717) is 4.47 Å². The largest absolute Gasteiger partial charge is 0.465 e. The van der Waals surface area contributed by atoms with E-state index in [1.807, 2.05) is 0 Å². The van der Waals surface area contributed by atoms with Crippen LogP contribution in [0.2, 0.25) is 0 Å². The lowest BCUT2D eigenvalue weighted by Gasteiger charge is -2.34. The van der Waals surface area contributed by atoms with Crippen LogP contribution in [0, 0.1) is 5.82 Å². The minimum Gasteiger partial charge on any atom is -0.465 e. The molecule has 1 aromatic carbocycles. The molecule has 9 heteroatoms. The van der Waals surface area contributed by atoms with Gasteiger partial charge in [0.2, 0.25) is 0 Å². The number of alkyl halides is 1. The van der Waals surface area contributed by atoms with Crippen molar-refractivity contribution in [1.82, 2.24) is 14.9 Å². The number of carbonyl (C=O) groups is 1. The van der Waals surface area contributed by atoms with E-state index in [0.717, 1.165) is 11.0 Å². The first-order chi connectivity index (χ1) is 10.8. The molecule has 23 heavy (non-hydrogen) atoms. The molecule has 2 N–H and O–H groups in total. The molecule has 1 aliphatic heterocycles. The van der Waals surface area contributed by atoms with E-state index in [4.69, 9.17) is 5.11 Å². The fourth-order valence-electron chi connectivity index (χ4n) is 2.67. The van der Waals surface area contributed by atoms with Gasteiger partial charge in [-0.2, -0.15) is 0 Å². The van der Waals surface area contributed by atoms with Gasteiger partial charge in [-0.05, 0) is 12.1 Å². The molecule has 0 bridgehead atoms. The minimum absolute atomic E-state index is 0.0175. The Morgan fingerprint density at radius 3 is 2.65 bits per heavy atom. The topological polar surface area (TPSA) is 86.3 Å². The predicted molar refractivity (Wildman–Crippen MR) is 81.6 cm³/mol. The number of piperidine rings is 1. The molecule has 1 aliphatic rings. The first kappa shape index (κ1) is 15.9. The summed E-state index contributed by atoms with van der Waals surface area (Å²) in [6, 6.07) is 2.56. The number of hydrogen-bond acceptors (Lipinski definition) is 3. The van der Waals surface area contributed by atoms with Crippen LogP contribution in [0.15, 0.2) is 21.4 Å². The van der Waals surface area contributed by atoms with Gasteiger partial charge in [0.05, 0.1) is 5.39 Å². The number of rotatable bonds is 1. The quantitative estimate of drug-likeness (QED) is 0.787. The number of fused-ring (bicyclic) bond motifs is 1. The van der Waals surface area contributed by atoms with Crippen molar-refractivity contribution in [2.45, 2.75) is 18.5 Å². The third-order valence-electron chi connectivity index (χ3n) is 3.98. The van der Waals surface area contributed by atoms with Crippen molar-refractivity contribution in [3.63, 3.8) is 0 Å². The zero-order valence-corrected chi connectivity index (χ0v) is 13.4. The van der Waals surface area contributed by atoms with E-state index in [1.54, 1.807) is 0 Å². The van der Waals surface area contributed by atoms with Gasteiger partial charge < -0.3 is 15.0 Å². The van der Waals surface area contributed by atoms with Crippen LogP contribution >= 0.6 is 15.9 Å². The van der Waals surface area contributed by atoms with E-state index in [9.17, 15) is 14.0 Å².